The van der Waals surface area contributed by atoms with Crippen LogP contribution in [0.5, 0.6) is 0 Å². The molecule has 0 amide bonds. The molecule has 1 heterocycles. The maximum Gasteiger partial charge on any atom is 0.257 e. The molecule has 0 fully saturated rings. The number of rotatable bonds is 3. The predicted octanol–water partition coefficient (Wildman–Crippen LogP) is 1.10. The molecule has 0 aliphatic rings. The normalized spacial score (nSPS) is 12.3. The summed E-state index contributed by atoms with van der Waals surface area (Å²) in [6.45, 7) is 0. The number of aliphatic hydroxyl groups is 3. The molecule has 0 saturated carbocycles. The van der Waals surface area contributed by atoms with Gasteiger partial charge in [0.25, 0.3) is 19.1 Å². The van der Waals surface area contributed by atoms with Crippen molar-refractivity contribution in [2.45, 2.75) is 19.1 Å². The van der Waals surface area contributed by atoms with Crippen molar-refractivity contribution in [1.29, 1.82) is 0 Å². The summed E-state index contributed by atoms with van der Waals surface area (Å²) in [5, 5.41) is 25.2. The Kier molecular flexibility index (Phi) is 20.8. The van der Waals surface area contributed by atoms with Crippen molar-refractivity contribution in [2.75, 3.05) is 0 Å². The van der Waals surface area contributed by atoms with Gasteiger partial charge in [0, 0.05) is 0 Å². The number of hydrogen-bond donors (Lipinski definition) is 3. The monoisotopic (exact) mass is 1070 g/mol. The average molecular weight is 1070 g/mol. The van der Waals surface area contributed by atoms with Crippen molar-refractivity contribution >= 4 is 0 Å². The molecule has 3 unspecified atom stereocenters. The molecule has 0 aromatic carbocycles. The quantitative estimate of drug-likeness (QED) is 0.393. The fourth-order valence-electron chi connectivity index (χ4n) is 0.747. The summed E-state index contributed by atoms with van der Waals surface area (Å²) in [6, 6.07) is 0. The van der Waals surface area contributed by atoms with E-state index in [1.54, 1.807) is 0 Å². The standard InChI is InChI=1S/C6H6F3N3O3.3CH3.3Rf/c7-1(13)4-10-5(2(8)14)12-6(11-4)3(9)15;;;;;;/h1-3,13-15H;3*1H3;;;/q;3*-1;;;. The van der Waals surface area contributed by atoms with Crippen LogP contribution in [-0.2, 0) is 0 Å². The Morgan fingerprint density at radius 3 is 0.810 bits per heavy atom. The van der Waals surface area contributed by atoms with E-state index in [0.717, 1.165) is 0 Å². The van der Waals surface area contributed by atoms with E-state index < -0.39 is 36.5 Å². The zero-order chi connectivity index (χ0) is 11.6. The summed E-state index contributed by atoms with van der Waals surface area (Å²) >= 11 is 0. The zero-order valence-corrected chi connectivity index (χ0v) is 31.4. The van der Waals surface area contributed by atoms with Crippen molar-refractivity contribution in [1.82, 2.24) is 15.0 Å². The third kappa shape index (κ3) is 7.58. The molecule has 3 N–H and O–H groups in total. The van der Waals surface area contributed by atoms with Crippen LogP contribution in [0, 0.1) is 22.3 Å². The first kappa shape index (κ1) is 36.0. The first-order valence-corrected chi connectivity index (χ1v) is 3.64. The van der Waals surface area contributed by atoms with Gasteiger partial charge in [-0.1, -0.05) is 0 Å². The van der Waals surface area contributed by atoms with Crippen LogP contribution in [-0.4, -0.2) is 30.3 Å². The van der Waals surface area contributed by atoms with Crippen LogP contribution in [0.25, 0.3) is 0 Å². The van der Waals surface area contributed by atoms with Gasteiger partial charge in [-0.3, -0.25) is 0 Å². The SMILES string of the molecule is OC(F)c1nc(C(O)F)nc(C(O)F)n1.[CH3-].[CH3-].[CH3-].[Rf].[Rf].[Rf]. The minimum atomic E-state index is -2.69. The van der Waals surface area contributed by atoms with Gasteiger partial charge in [0.15, 0.2) is 17.5 Å². The van der Waals surface area contributed by atoms with Crippen LogP contribution < -0.4 is 0 Å². The maximum absolute atomic E-state index is 12.3. The fourth-order valence-corrected chi connectivity index (χ4v) is 0.747. The number of aromatic nitrogens is 3. The van der Waals surface area contributed by atoms with Crippen molar-refractivity contribution in [2.24, 2.45) is 0 Å². The van der Waals surface area contributed by atoms with Crippen LogP contribution in [0.15, 0.2) is 0 Å². The van der Waals surface area contributed by atoms with Crippen LogP contribution >= 0.6 is 0 Å². The summed E-state index contributed by atoms with van der Waals surface area (Å²) in [5.74, 6) is -2.99. The Hall–Kier alpha value is -4.32. The fraction of sp³-hybridized carbons (Fsp3) is 0.333. The Morgan fingerprint density at radius 2 is 0.714 bits per heavy atom. The summed E-state index contributed by atoms with van der Waals surface area (Å²) in [5.41, 5.74) is 0. The second-order valence-corrected chi connectivity index (χ2v) is 2.42. The molecular formula is C9H15F3N3O3Rf3-3. The molecule has 1 rings (SSSR count). The molecule has 0 saturated heterocycles. The first-order chi connectivity index (χ1) is 6.91. The summed E-state index contributed by atoms with van der Waals surface area (Å²) < 4.78 is 36.9. The maximum atomic E-state index is 12.3. The van der Waals surface area contributed by atoms with E-state index in [1.165, 1.54) is 0 Å². The van der Waals surface area contributed by atoms with Gasteiger partial charge in [-0.15, -0.1) is 0 Å². The van der Waals surface area contributed by atoms with Gasteiger partial charge in [-0.25, -0.2) is 28.1 Å². The smallest absolute Gasteiger partial charge is 0.257 e. The summed E-state index contributed by atoms with van der Waals surface area (Å²) in [7, 11) is 0. The molecule has 12 heteroatoms. The van der Waals surface area contributed by atoms with Crippen LogP contribution in [0.4, 0.5) is 13.2 Å². The number of nitrogens with zero attached hydrogens (tertiary/aromatic N) is 3. The largest absolute Gasteiger partial charge is 0.358 e. The van der Waals surface area contributed by atoms with Gasteiger partial charge in [0.05, 0.1) is 0 Å². The van der Waals surface area contributed by atoms with Crippen molar-refractivity contribution < 1.29 is 28.5 Å². The predicted molar refractivity (Wildman–Crippen MR) is 57.3 cm³/mol. The van der Waals surface area contributed by atoms with E-state index in [1.807, 2.05) is 0 Å². The molecule has 6 nitrogen and oxygen atoms in total. The Labute approximate surface area is 103 Å². The van der Waals surface area contributed by atoms with Gasteiger partial charge in [0.1, 0.15) is 0 Å². The Morgan fingerprint density at radius 1 is 0.571 bits per heavy atom. The van der Waals surface area contributed by atoms with E-state index >= 15 is 0 Å². The molecule has 3 atom stereocenters. The number of hydrogen-bond acceptors (Lipinski definition) is 6. The minimum absolute atomic E-state index is 0. The Balaban J connectivity index is -0.0000000937. The topological polar surface area (TPSA) is 99.4 Å². The van der Waals surface area contributed by atoms with Gasteiger partial charge < -0.3 is 37.6 Å². The van der Waals surface area contributed by atoms with E-state index in [4.69, 9.17) is 15.3 Å². The molecule has 1 aromatic heterocycles. The second-order valence-electron chi connectivity index (χ2n) is 2.42. The van der Waals surface area contributed by atoms with E-state index in [2.05, 4.69) is 15.0 Å². The van der Waals surface area contributed by atoms with Crippen LogP contribution in [0.3, 0.4) is 0 Å². The van der Waals surface area contributed by atoms with E-state index in [-0.39, 0.29) is 22.3 Å². The second kappa shape index (κ2) is 12.1. The van der Waals surface area contributed by atoms with Crippen molar-refractivity contribution in [3.63, 3.8) is 0 Å². The molecule has 1 aromatic rings. The molecule has 21 heavy (non-hydrogen) atoms. The number of alkyl halides is 3. The number of aliphatic hydroxyl groups excluding tert-OH is 3. The molecule has 0 radical (unpaired) electrons. The molecule has 0 aliphatic carbocycles. The van der Waals surface area contributed by atoms with Gasteiger partial charge >= 0.3 is 0 Å². The molecule has 0 aliphatic heterocycles. The van der Waals surface area contributed by atoms with E-state index in [9.17, 15) is 13.2 Å². The molecule has 0 bridgehead atoms. The van der Waals surface area contributed by atoms with Crippen LogP contribution in [0.2, 0.25) is 0 Å². The number of halogens is 3. The van der Waals surface area contributed by atoms with Gasteiger partial charge in [-0.2, -0.15) is 0 Å². The van der Waals surface area contributed by atoms with Gasteiger partial charge in [-0.05, 0) is 0 Å². The van der Waals surface area contributed by atoms with Crippen molar-refractivity contribution in [3.8, 4) is 0 Å². The Bertz CT molecular complexity index is 299. The molecule has 114 valence electrons. The first-order valence-electron chi connectivity index (χ1n) is 3.64. The van der Waals surface area contributed by atoms with Crippen LogP contribution in [0.1, 0.15) is 36.5 Å². The molecular weight excluding hydrogens is 1060 g/mol. The summed E-state index contributed by atoms with van der Waals surface area (Å²) in [6.07, 6.45) is -8.08. The van der Waals surface area contributed by atoms with Crippen molar-refractivity contribution in [3.05, 3.63) is 39.8 Å². The summed E-state index contributed by atoms with van der Waals surface area (Å²) in [4.78, 5) is 8.89. The third-order valence-electron chi connectivity index (χ3n) is 1.33. The zero-order valence-electron chi connectivity index (χ0n) is 12.2. The minimum Gasteiger partial charge on any atom is -0.358 e. The molecule has 0 spiro atoms. The van der Waals surface area contributed by atoms with E-state index in [0.29, 0.717) is 0 Å². The van der Waals surface area contributed by atoms with Gasteiger partial charge in [0.2, 0.25) is 0 Å². The average Bonchev–Trinajstić information content (AvgIpc) is 2.16. The third-order valence-corrected chi connectivity index (χ3v) is 1.33.